The van der Waals surface area contributed by atoms with Gasteiger partial charge in [-0.3, -0.25) is 0 Å². The van der Waals surface area contributed by atoms with Gasteiger partial charge in [-0.1, -0.05) is 35.2 Å². The second-order valence-electron chi connectivity index (χ2n) is 8.47. The highest BCUT2D eigenvalue weighted by Crippen LogP contribution is 2.25. The Labute approximate surface area is 183 Å². The van der Waals surface area contributed by atoms with Gasteiger partial charge in [0.05, 0.1) is 0 Å². The number of aromatic nitrogens is 2. The highest BCUT2D eigenvalue weighted by molar-refractivity contribution is 9.10. The van der Waals surface area contributed by atoms with Crippen LogP contribution in [-0.2, 0) is 0 Å². The largest absolute Gasteiger partial charge is 0.355 e. The minimum Gasteiger partial charge on any atom is -0.355 e. The summed E-state index contributed by atoms with van der Waals surface area (Å²) in [5, 5.41) is 3.35. The van der Waals surface area contributed by atoms with E-state index in [0.717, 1.165) is 47.2 Å². The maximum atomic E-state index is 4.83. The molecular weight excluding hydrogens is 426 g/mol. The van der Waals surface area contributed by atoms with E-state index < -0.39 is 0 Å². The standard InChI is InChI=1S/C23H32BrN5/c1-18-16-22(27-23(25-18)26-21-10-8-20(24)9-11-21)29-13-5-12-28(14-15-29)17-19-6-3-2-4-7-19/h8-11,16,19H,2-7,12-15,17H2,1H3,(H,25,26,27). The van der Waals surface area contributed by atoms with Crippen LogP contribution < -0.4 is 10.2 Å². The van der Waals surface area contributed by atoms with Gasteiger partial charge < -0.3 is 15.1 Å². The lowest BCUT2D eigenvalue weighted by molar-refractivity contribution is 0.211. The molecule has 29 heavy (non-hydrogen) atoms. The maximum Gasteiger partial charge on any atom is 0.229 e. The average Bonchev–Trinajstić information content (AvgIpc) is 2.96. The molecule has 0 unspecified atom stereocenters. The molecule has 1 aromatic carbocycles. The summed E-state index contributed by atoms with van der Waals surface area (Å²) >= 11 is 3.48. The Morgan fingerprint density at radius 2 is 1.76 bits per heavy atom. The van der Waals surface area contributed by atoms with Gasteiger partial charge in [0, 0.05) is 48.1 Å². The van der Waals surface area contributed by atoms with Crippen LogP contribution in [-0.4, -0.2) is 47.6 Å². The molecule has 156 valence electrons. The van der Waals surface area contributed by atoms with Gasteiger partial charge in [-0.05, 0) is 62.9 Å². The molecule has 0 bridgehead atoms. The van der Waals surface area contributed by atoms with Crippen molar-refractivity contribution < 1.29 is 0 Å². The van der Waals surface area contributed by atoms with Crippen LogP contribution in [0.25, 0.3) is 0 Å². The molecule has 1 saturated heterocycles. The van der Waals surface area contributed by atoms with Crippen molar-refractivity contribution in [2.75, 3.05) is 42.9 Å². The first-order valence-corrected chi connectivity index (χ1v) is 11.8. The zero-order chi connectivity index (χ0) is 20.1. The minimum absolute atomic E-state index is 0.672. The number of benzene rings is 1. The van der Waals surface area contributed by atoms with E-state index >= 15 is 0 Å². The zero-order valence-electron chi connectivity index (χ0n) is 17.4. The van der Waals surface area contributed by atoms with E-state index in [4.69, 9.17) is 4.98 Å². The van der Waals surface area contributed by atoms with Crippen molar-refractivity contribution in [2.24, 2.45) is 5.92 Å². The molecule has 0 amide bonds. The van der Waals surface area contributed by atoms with Gasteiger partial charge in [-0.15, -0.1) is 0 Å². The van der Waals surface area contributed by atoms with Gasteiger partial charge in [-0.2, -0.15) is 4.98 Å². The van der Waals surface area contributed by atoms with E-state index in [9.17, 15) is 0 Å². The van der Waals surface area contributed by atoms with E-state index in [1.807, 2.05) is 31.2 Å². The molecule has 1 aromatic heterocycles. The molecule has 1 aliphatic heterocycles. The summed E-state index contributed by atoms with van der Waals surface area (Å²) in [5.41, 5.74) is 2.00. The average molecular weight is 458 g/mol. The van der Waals surface area contributed by atoms with Gasteiger partial charge >= 0.3 is 0 Å². The van der Waals surface area contributed by atoms with Crippen molar-refractivity contribution in [3.8, 4) is 0 Å². The fourth-order valence-corrected chi connectivity index (χ4v) is 4.81. The molecule has 1 N–H and O–H groups in total. The van der Waals surface area contributed by atoms with Gasteiger partial charge in [-0.25, -0.2) is 4.98 Å². The van der Waals surface area contributed by atoms with Gasteiger partial charge in [0.1, 0.15) is 5.82 Å². The van der Waals surface area contributed by atoms with Crippen LogP contribution in [0.15, 0.2) is 34.8 Å². The maximum absolute atomic E-state index is 4.83. The van der Waals surface area contributed by atoms with Crippen molar-refractivity contribution in [3.63, 3.8) is 0 Å². The quantitative estimate of drug-likeness (QED) is 0.652. The highest BCUT2D eigenvalue weighted by Gasteiger charge is 2.21. The van der Waals surface area contributed by atoms with E-state index in [-0.39, 0.29) is 0 Å². The first-order chi connectivity index (χ1) is 14.2. The van der Waals surface area contributed by atoms with Crippen LogP contribution in [0, 0.1) is 12.8 Å². The van der Waals surface area contributed by atoms with E-state index in [2.05, 4.69) is 42.1 Å². The van der Waals surface area contributed by atoms with Crippen molar-refractivity contribution in [3.05, 3.63) is 40.5 Å². The molecule has 2 fully saturated rings. The van der Waals surface area contributed by atoms with Crippen LogP contribution in [0.4, 0.5) is 17.5 Å². The van der Waals surface area contributed by atoms with Crippen molar-refractivity contribution >= 4 is 33.4 Å². The summed E-state index contributed by atoms with van der Waals surface area (Å²) < 4.78 is 1.07. The third-order valence-corrected chi connectivity index (χ3v) is 6.62. The van der Waals surface area contributed by atoms with Crippen LogP contribution in [0.3, 0.4) is 0 Å². The topological polar surface area (TPSA) is 44.3 Å². The third kappa shape index (κ3) is 5.92. The lowest BCUT2D eigenvalue weighted by Gasteiger charge is -2.29. The van der Waals surface area contributed by atoms with Gasteiger partial charge in [0.25, 0.3) is 0 Å². The van der Waals surface area contributed by atoms with Gasteiger partial charge in [0.2, 0.25) is 5.95 Å². The second kappa shape index (κ2) is 9.90. The third-order valence-electron chi connectivity index (χ3n) is 6.09. The molecule has 0 radical (unpaired) electrons. The van der Waals surface area contributed by atoms with E-state index in [1.165, 1.54) is 51.6 Å². The molecular formula is C23H32BrN5. The lowest BCUT2D eigenvalue weighted by atomic mass is 9.89. The number of aryl methyl sites for hydroxylation is 1. The summed E-state index contributed by atoms with van der Waals surface area (Å²) in [7, 11) is 0. The molecule has 2 heterocycles. The Bertz CT molecular complexity index is 788. The summed E-state index contributed by atoms with van der Waals surface area (Å²) in [6, 6.07) is 10.2. The summed E-state index contributed by atoms with van der Waals surface area (Å²) in [6.45, 7) is 7.78. The highest BCUT2D eigenvalue weighted by atomic mass is 79.9. The summed E-state index contributed by atoms with van der Waals surface area (Å²) in [6.07, 6.45) is 8.35. The van der Waals surface area contributed by atoms with Gasteiger partial charge in [0.15, 0.2) is 0 Å². The van der Waals surface area contributed by atoms with Crippen molar-refractivity contribution in [2.45, 2.75) is 45.4 Å². The molecule has 1 aliphatic carbocycles. The Balaban J connectivity index is 1.39. The predicted molar refractivity (Wildman–Crippen MR) is 124 cm³/mol. The van der Waals surface area contributed by atoms with E-state index in [1.54, 1.807) is 0 Å². The summed E-state index contributed by atoms with van der Waals surface area (Å²) in [5.74, 6) is 2.63. The number of hydrogen-bond acceptors (Lipinski definition) is 5. The lowest BCUT2D eigenvalue weighted by Crippen LogP contribution is -2.34. The number of rotatable bonds is 5. The van der Waals surface area contributed by atoms with Crippen LogP contribution >= 0.6 is 15.9 Å². The second-order valence-corrected chi connectivity index (χ2v) is 9.38. The van der Waals surface area contributed by atoms with Crippen LogP contribution in [0.5, 0.6) is 0 Å². The molecule has 5 nitrogen and oxygen atoms in total. The Morgan fingerprint density at radius 1 is 0.966 bits per heavy atom. The van der Waals surface area contributed by atoms with Crippen LogP contribution in [0.2, 0.25) is 0 Å². The van der Waals surface area contributed by atoms with Crippen LogP contribution in [0.1, 0.15) is 44.2 Å². The Hall–Kier alpha value is -1.66. The first-order valence-electron chi connectivity index (χ1n) is 11.0. The van der Waals surface area contributed by atoms with Crippen molar-refractivity contribution in [1.82, 2.24) is 14.9 Å². The minimum atomic E-state index is 0.672. The molecule has 1 saturated carbocycles. The molecule has 2 aliphatic rings. The predicted octanol–water partition coefficient (Wildman–Crippen LogP) is 5.38. The summed E-state index contributed by atoms with van der Waals surface area (Å²) in [4.78, 5) is 14.5. The monoisotopic (exact) mass is 457 g/mol. The normalized spacial score (nSPS) is 19.2. The Kier molecular flexibility index (Phi) is 7.03. The molecule has 2 aromatic rings. The number of nitrogens with one attached hydrogen (secondary N) is 1. The fourth-order valence-electron chi connectivity index (χ4n) is 4.55. The first kappa shape index (κ1) is 20.6. The molecule has 6 heteroatoms. The Morgan fingerprint density at radius 3 is 2.55 bits per heavy atom. The molecule has 0 spiro atoms. The number of nitrogens with zero attached hydrogens (tertiary/aromatic N) is 4. The van der Waals surface area contributed by atoms with Crippen molar-refractivity contribution in [1.29, 1.82) is 0 Å². The van der Waals surface area contributed by atoms with E-state index in [0.29, 0.717) is 5.95 Å². The smallest absolute Gasteiger partial charge is 0.229 e. The number of anilines is 3. The molecule has 0 atom stereocenters. The number of halogens is 1. The number of hydrogen-bond donors (Lipinski definition) is 1. The zero-order valence-corrected chi connectivity index (χ0v) is 19.0. The fraction of sp³-hybridized carbons (Fsp3) is 0.565. The SMILES string of the molecule is Cc1cc(N2CCCN(CC3CCCCC3)CC2)nc(Nc2ccc(Br)cc2)n1. The molecule has 4 rings (SSSR count).